The summed E-state index contributed by atoms with van der Waals surface area (Å²) in [5.41, 5.74) is 0.265. The van der Waals surface area contributed by atoms with Gasteiger partial charge in [-0.25, -0.2) is 4.98 Å². The van der Waals surface area contributed by atoms with Gasteiger partial charge in [0.15, 0.2) is 0 Å². The molecule has 1 saturated heterocycles. The maximum absolute atomic E-state index is 12.1. The average molecular weight is 344 g/mol. The van der Waals surface area contributed by atoms with Crippen LogP contribution in [0.25, 0.3) is 0 Å². The lowest BCUT2D eigenvalue weighted by atomic mass is 10.1. The van der Waals surface area contributed by atoms with Gasteiger partial charge in [-0.1, -0.05) is 6.07 Å². The van der Waals surface area contributed by atoms with Gasteiger partial charge in [0.1, 0.15) is 10.2 Å². The van der Waals surface area contributed by atoms with E-state index in [1.165, 1.54) is 0 Å². The third-order valence-corrected chi connectivity index (χ3v) is 5.46. The topological polar surface area (TPSA) is 54.5 Å². The van der Waals surface area contributed by atoms with Gasteiger partial charge in [-0.05, 0) is 25.0 Å². The van der Waals surface area contributed by atoms with Crippen LogP contribution in [0.1, 0.15) is 18.9 Å². The van der Waals surface area contributed by atoms with E-state index in [-0.39, 0.29) is 5.91 Å². The van der Waals surface area contributed by atoms with Gasteiger partial charge in [0.2, 0.25) is 5.91 Å². The van der Waals surface area contributed by atoms with Gasteiger partial charge in [0.25, 0.3) is 0 Å². The molecule has 1 atom stereocenters. The summed E-state index contributed by atoms with van der Waals surface area (Å²) in [4.78, 5) is 18.7. The SMILES string of the molecule is C[C@@]1(C(=O)NCc2ccc(N3CCOCC3)nc2)CC1(Cl)Cl. The van der Waals surface area contributed by atoms with Crippen LogP contribution < -0.4 is 10.2 Å². The molecule has 1 N–H and O–H groups in total. The van der Waals surface area contributed by atoms with Gasteiger partial charge in [-0.15, -0.1) is 23.2 Å². The lowest BCUT2D eigenvalue weighted by Gasteiger charge is -2.27. The smallest absolute Gasteiger partial charge is 0.229 e. The number of hydrogen-bond donors (Lipinski definition) is 1. The number of morpholine rings is 1. The van der Waals surface area contributed by atoms with E-state index < -0.39 is 9.75 Å². The second-order valence-electron chi connectivity index (χ2n) is 6.02. The molecule has 0 unspecified atom stereocenters. The molecule has 5 nitrogen and oxygen atoms in total. The Kier molecular flexibility index (Phi) is 4.23. The number of ether oxygens (including phenoxy) is 1. The number of pyridine rings is 1. The maximum Gasteiger partial charge on any atom is 0.229 e. The zero-order valence-corrected chi connectivity index (χ0v) is 14.0. The van der Waals surface area contributed by atoms with Crippen LogP contribution in [-0.4, -0.2) is 41.5 Å². The minimum Gasteiger partial charge on any atom is -0.378 e. The van der Waals surface area contributed by atoms with Gasteiger partial charge in [-0.2, -0.15) is 0 Å². The Morgan fingerprint density at radius 2 is 2.09 bits per heavy atom. The average Bonchev–Trinajstić information content (AvgIpc) is 3.06. The van der Waals surface area contributed by atoms with Crippen molar-refractivity contribution in [3.8, 4) is 0 Å². The van der Waals surface area contributed by atoms with E-state index in [9.17, 15) is 4.79 Å². The fourth-order valence-electron chi connectivity index (χ4n) is 2.52. The number of hydrogen-bond acceptors (Lipinski definition) is 4. The zero-order valence-electron chi connectivity index (χ0n) is 12.4. The molecule has 0 bridgehead atoms. The fourth-order valence-corrected chi connectivity index (χ4v) is 3.23. The van der Waals surface area contributed by atoms with Crippen LogP contribution in [0, 0.1) is 5.41 Å². The predicted octanol–water partition coefficient (Wildman–Crippen LogP) is 2.12. The number of anilines is 1. The lowest BCUT2D eigenvalue weighted by molar-refractivity contribution is -0.125. The molecular formula is C15H19Cl2N3O2. The second kappa shape index (κ2) is 5.87. The van der Waals surface area contributed by atoms with E-state index in [0.29, 0.717) is 13.0 Å². The van der Waals surface area contributed by atoms with Crippen molar-refractivity contribution in [1.82, 2.24) is 10.3 Å². The molecule has 2 fully saturated rings. The van der Waals surface area contributed by atoms with Crippen molar-refractivity contribution < 1.29 is 9.53 Å². The minimum absolute atomic E-state index is 0.116. The van der Waals surface area contributed by atoms with E-state index in [0.717, 1.165) is 37.7 Å². The normalized spacial score (nSPS) is 26.6. The number of nitrogens with one attached hydrogen (secondary N) is 1. The summed E-state index contributed by atoms with van der Waals surface area (Å²) in [7, 11) is 0. The summed E-state index contributed by atoms with van der Waals surface area (Å²) in [6, 6.07) is 3.95. The Morgan fingerprint density at radius 3 is 2.64 bits per heavy atom. The Balaban J connectivity index is 1.54. The Hall–Kier alpha value is -1.04. The molecule has 1 saturated carbocycles. The first-order valence-electron chi connectivity index (χ1n) is 7.36. The summed E-state index contributed by atoms with van der Waals surface area (Å²) < 4.78 is 4.39. The standard InChI is InChI=1S/C15H19Cl2N3O2/c1-14(10-15(14,16)17)13(21)19-9-11-2-3-12(18-8-11)20-4-6-22-7-5-20/h2-3,8H,4-7,9-10H2,1H3,(H,19,21)/t14-/m0/s1. The van der Waals surface area contributed by atoms with Crippen LogP contribution in [0.2, 0.25) is 0 Å². The number of amides is 1. The summed E-state index contributed by atoms with van der Waals surface area (Å²) in [5.74, 6) is 0.822. The van der Waals surface area contributed by atoms with Crippen LogP contribution in [0.3, 0.4) is 0 Å². The number of alkyl halides is 2. The Morgan fingerprint density at radius 1 is 1.41 bits per heavy atom. The molecule has 1 aromatic rings. The molecule has 2 heterocycles. The maximum atomic E-state index is 12.1. The highest BCUT2D eigenvalue weighted by Gasteiger charge is 2.67. The van der Waals surface area contributed by atoms with E-state index in [4.69, 9.17) is 27.9 Å². The monoisotopic (exact) mass is 343 g/mol. The molecule has 22 heavy (non-hydrogen) atoms. The molecule has 7 heteroatoms. The third kappa shape index (κ3) is 3.03. The zero-order chi connectivity index (χ0) is 15.8. The number of rotatable bonds is 4. The number of nitrogens with zero attached hydrogens (tertiary/aromatic N) is 2. The van der Waals surface area contributed by atoms with E-state index in [2.05, 4.69) is 15.2 Å². The van der Waals surface area contributed by atoms with Crippen molar-refractivity contribution in [3.05, 3.63) is 23.9 Å². The van der Waals surface area contributed by atoms with Gasteiger partial charge >= 0.3 is 0 Å². The van der Waals surface area contributed by atoms with Crippen molar-refractivity contribution in [2.24, 2.45) is 5.41 Å². The summed E-state index contributed by atoms with van der Waals surface area (Å²) >= 11 is 12.0. The molecule has 1 aliphatic carbocycles. The molecule has 120 valence electrons. The molecule has 1 aromatic heterocycles. The number of halogens is 2. The second-order valence-corrected chi connectivity index (χ2v) is 7.50. The summed E-state index contributed by atoms with van der Waals surface area (Å²) in [6.07, 6.45) is 2.28. The molecule has 2 aliphatic rings. The first kappa shape index (κ1) is 15.8. The molecular weight excluding hydrogens is 325 g/mol. The largest absolute Gasteiger partial charge is 0.378 e. The minimum atomic E-state index is -0.935. The quantitative estimate of drug-likeness (QED) is 0.850. The van der Waals surface area contributed by atoms with Crippen molar-refractivity contribution in [2.45, 2.75) is 24.2 Å². The molecule has 0 radical (unpaired) electrons. The highest BCUT2D eigenvalue weighted by molar-refractivity contribution is 6.53. The van der Waals surface area contributed by atoms with Crippen LogP contribution in [0.5, 0.6) is 0 Å². The fraction of sp³-hybridized carbons (Fsp3) is 0.600. The highest BCUT2D eigenvalue weighted by Crippen LogP contribution is 2.63. The van der Waals surface area contributed by atoms with E-state index in [1.807, 2.05) is 12.1 Å². The number of carbonyl (C=O) groups excluding carboxylic acids is 1. The van der Waals surface area contributed by atoms with Gasteiger partial charge in [-0.3, -0.25) is 4.79 Å². The Bertz CT molecular complexity index is 558. The van der Waals surface area contributed by atoms with Crippen molar-refractivity contribution in [2.75, 3.05) is 31.2 Å². The first-order valence-corrected chi connectivity index (χ1v) is 8.12. The van der Waals surface area contributed by atoms with Crippen LogP contribution in [-0.2, 0) is 16.1 Å². The third-order valence-electron chi connectivity index (χ3n) is 4.36. The Labute approximate surface area is 139 Å². The van der Waals surface area contributed by atoms with Gasteiger partial charge in [0, 0.05) is 25.8 Å². The molecule has 0 aromatic carbocycles. The molecule has 0 spiro atoms. The van der Waals surface area contributed by atoms with Crippen LogP contribution in [0.4, 0.5) is 5.82 Å². The lowest BCUT2D eigenvalue weighted by Crippen LogP contribution is -2.36. The molecule has 1 amide bonds. The first-order chi connectivity index (χ1) is 10.4. The van der Waals surface area contributed by atoms with E-state index >= 15 is 0 Å². The van der Waals surface area contributed by atoms with Crippen molar-refractivity contribution in [1.29, 1.82) is 0 Å². The predicted molar refractivity (Wildman–Crippen MR) is 86.3 cm³/mol. The van der Waals surface area contributed by atoms with Gasteiger partial charge in [0.05, 0.1) is 18.6 Å². The van der Waals surface area contributed by atoms with Crippen molar-refractivity contribution in [3.63, 3.8) is 0 Å². The summed E-state index contributed by atoms with van der Waals surface area (Å²) in [5, 5.41) is 2.87. The highest BCUT2D eigenvalue weighted by atomic mass is 35.5. The van der Waals surface area contributed by atoms with E-state index in [1.54, 1.807) is 13.1 Å². The number of aromatic nitrogens is 1. The molecule has 3 rings (SSSR count). The van der Waals surface area contributed by atoms with Crippen LogP contribution >= 0.6 is 23.2 Å². The van der Waals surface area contributed by atoms with Crippen LogP contribution in [0.15, 0.2) is 18.3 Å². The summed E-state index contributed by atoms with van der Waals surface area (Å²) in [6.45, 7) is 5.38. The van der Waals surface area contributed by atoms with Gasteiger partial charge < -0.3 is 15.0 Å². The van der Waals surface area contributed by atoms with Crippen molar-refractivity contribution >= 4 is 34.9 Å². The number of carbonyl (C=O) groups is 1. The molecule has 1 aliphatic heterocycles.